The lowest BCUT2D eigenvalue weighted by Crippen LogP contribution is -1.92. The lowest BCUT2D eigenvalue weighted by molar-refractivity contribution is 0.193. The molecule has 0 bridgehead atoms. The van der Waals surface area contributed by atoms with Crippen molar-refractivity contribution in [1.29, 1.82) is 0 Å². The molecule has 0 aliphatic rings. The van der Waals surface area contributed by atoms with Crippen LogP contribution in [0.3, 0.4) is 0 Å². The summed E-state index contributed by atoms with van der Waals surface area (Å²) in [5.74, 6) is 0. The third-order valence-corrected chi connectivity index (χ3v) is 8.07. The quantitative estimate of drug-likeness (QED) is 0.0380. The zero-order valence-electron chi connectivity index (χ0n) is 22.3. The summed E-state index contributed by atoms with van der Waals surface area (Å²) in [5.41, 5.74) is 0. The van der Waals surface area contributed by atoms with Crippen molar-refractivity contribution in [2.45, 2.75) is 167 Å². The Morgan fingerprint density at radius 3 is 0.824 bits per heavy atom. The molecule has 0 aromatic rings. The van der Waals surface area contributed by atoms with Crippen molar-refractivity contribution in [2.75, 3.05) is 11.0 Å². The van der Waals surface area contributed by atoms with Crippen molar-refractivity contribution >= 4 is 30.4 Å². The number of phosphoric acid groups is 1. The molecule has 0 rings (SSSR count). The zero-order valence-corrected chi connectivity index (χ0v) is 25.4. The molecule has 0 spiro atoms. The van der Waals surface area contributed by atoms with Crippen molar-refractivity contribution in [3.05, 3.63) is 0 Å². The first-order valence-corrected chi connectivity index (χ1v) is 17.9. The van der Waals surface area contributed by atoms with Crippen molar-refractivity contribution in [3.8, 4) is 0 Å². The molecule has 0 amide bonds. The van der Waals surface area contributed by atoms with Crippen LogP contribution in [-0.4, -0.2) is 20.8 Å². The second kappa shape index (κ2) is 28.4. The second-order valence-corrected chi connectivity index (χ2v) is 12.5. The lowest BCUT2D eigenvalue weighted by atomic mass is 10.0. The first-order chi connectivity index (χ1) is 16.6. The average Bonchev–Trinajstić information content (AvgIpc) is 2.80. The molecule has 0 fully saturated rings. The summed E-state index contributed by atoms with van der Waals surface area (Å²) in [6.45, 7) is 0.170. The van der Waals surface area contributed by atoms with Crippen LogP contribution < -0.4 is 0 Å². The standard InChI is InChI=1S/C28H58IO4P/c29-27-25-23-21-19-17-15-13-11-9-7-5-3-1-2-4-6-8-10-12-14-16-18-20-22-24-26-28-33-34(30,31)32/h1-28H2,(H2,30,31,32). The number of halogens is 1. The van der Waals surface area contributed by atoms with Gasteiger partial charge in [-0.15, -0.1) is 0 Å². The van der Waals surface area contributed by atoms with Crippen LogP contribution in [0.25, 0.3) is 0 Å². The number of alkyl halides is 1. The Kier molecular flexibility index (Phi) is 29.1. The van der Waals surface area contributed by atoms with E-state index in [-0.39, 0.29) is 6.61 Å². The lowest BCUT2D eigenvalue weighted by Gasteiger charge is -2.05. The number of rotatable bonds is 29. The van der Waals surface area contributed by atoms with Gasteiger partial charge in [0.05, 0.1) is 6.61 Å². The van der Waals surface area contributed by atoms with Gasteiger partial charge in [-0.3, -0.25) is 4.52 Å². The summed E-state index contributed by atoms with van der Waals surface area (Å²) < 4.78 is 16.3. The van der Waals surface area contributed by atoms with Crippen molar-refractivity contribution in [1.82, 2.24) is 0 Å². The first kappa shape index (κ1) is 34.8. The van der Waals surface area contributed by atoms with Crippen LogP contribution in [0.5, 0.6) is 0 Å². The van der Waals surface area contributed by atoms with Gasteiger partial charge in [0.1, 0.15) is 0 Å². The number of hydrogen-bond donors (Lipinski definition) is 2. The summed E-state index contributed by atoms with van der Waals surface area (Å²) in [5, 5.41) is 0. The third-order valence-electron chi connectivity index (χ3n) is 6.79. The Balaban J connectivity index is 3.03. The first-order valence-electron chi connectivity index (χ1n) is 14.8. The molecule has 0 aromatic carbocycles. The third kappa shape index (κ3) is 32.8. The molecule has 0 heterocycles. The van der Waals surface area contributed by atoms with Gasteiger partial charge in [0.25, 0.3) is 0 Å². The Labute approximate surface area is 226 Å². The fraction of sp³-hybridized carbons (Fsp3) is 1.00. The molecule has 0 unspecified atom stereocenters. The Hall–Kier alpha value is 0.840. The van der Waals surface area contributed by atoms with Gasteiger partial charge in [-0.05, 0) is 17.3 Å². The number of phosphoric ester groups is 1. The van der Waals surface area contributed by atoms with E-state index < -0.39 is 7.82 Å². The average molecular weight is 617 g/mol. The maximum absolute atomic E-state index is 10.6. The van der Waals surface area contributed by atoms with Gasteiger partial charge in [0.15, 0.2) is 0 Å². The van der Waals surface area contributed by atoms with Gasteiger partial charge in [-0.1, -0.05) is 177 Å². The normalized spacial score (nSPS) is 12.0. The van der Waals surface area contributed by atoms with E-state index in [1.807, 2.05) is 0 Å². The Morgan fingerprint density at radius 1 is 0.412 bits per heavy atom. The van der Waals surface area contributed by atoms with Crippen LogP contribution in [0.1, 0.15) is 167 Å². The molecule has 2 N–H and O–H groups in total. The minimum absolute atomic E-state index is 0.170. The Morgan fingerprint density at radius 2 is 0.618 bits per heavy atom. The molecule has 206 valence electrons. The van der Waals surface area contributed by atoms with E-state index in [2.05, 4.69) is 27.1 Å². The van der Waals surface area contributed by atoms with Gasteiger partial charge < -0.3 is 9.79 Å². The number of hydrogen-bond acceptors (Lipinski definition) is 2. The Bertz CT molecular complexity index is 431. The van der Waals surface area contributed by atoms with E-state index in [9.17, 15) is 4.57 Å². The van der Waals surface area contributed by atoms with Crippen LogP contribution in [0, 0.1) is 0 Å². The highest BCUT2D eigenvalue weighted by atomic mass is 127. The van der Waals surface area contributed by atoms with Gasteiger partial charge in [0.2, 0.25) is 0 Å². The van der Waals surface area contributed by atoms with Crippen LogP contribution in [0.4, 0.5) is 0 Å². The molecule has 0 aromatic heterocycles. The van der Waals surface area contributed by atoms with Crippen LogP contribution >= 0.6 is 30.4 Å². The summed E-state index contributed by atoms with van der Waals surface area (Å²) >= 11 is 2.49. The van der Waals surface area contributed by atoms with Crippen molar-refractivity contribution in [3.63, 3.8) is 0 Å². The fourth-order valence-corrected chi connectivity index (χ4v) is 5.53. The highest BCUT2D eigenvalue weighted by Gasteiger charge is 2.12. The fourth-order valence-electron chi connectivity index (χ4n) is 4.62. The van der Waals surface area contributed by atoms with E-state index in [4.69, 9.17) is 9.79 Å². The SMILES string of the molecule is O=P(O)(O)OCCCCCCCCCCCCCCCCCCCCCCCCCCCCI. The minimum Gasteiger partial charge on any atom is -0.303 e. The van der Waals surface area contributed by atoms with Gasteiger partial charge in [-0.2, -0.15) is 0 Å². The van der Waals surface area contributed by atoms with Gasteiger partial charge >= 0.3 is 7.82 Å². The maximum Gasteiger partial charge on any atom is 0.469 e. The molecule has 0 atom stereocenters. The van der Waals surface area contributed by atoms with Crippen molar-refractivity contribution < 1.29 is 18.9 Å². The van der Waals surface area contributed by atoms with E-state index in [1.165, 1.54) is 152 Å². The molecule has 0 aliphatic heterocycles. The molecule has 6 heteroatoms. The predicted octanol–water partition coefficient (Wildman–Crippen LogP) is 10.7. The summed E-state index contributed by atoms with van der Waals surface area (Å²) in [6, 6.07) is 0. The summed E-state index contributed by atoms with van der Waals surface area (Å²) in [6.07, 6.45) is 35.5. The van der Waals surface area contributed by atoms with E-state index >= 15 is 0 Å². The molecule has 34 heavy (non-hydrogen) atoms. The van der Waals surface area contributed by atoms with E-state index in [1.54, 1.807) is 0 Å². The maximum atomic E-state index is 10.6. The van der Waals surface area contributed by atoms with Crippen LogP contribution in [0.2, 0.25) is 0 Å². The second-order valence-electron chi connectivity index (χ2n) is 10.2. The smallest absolute Gasteiger partial charge is 0.303 e. The molecular formula is C28H58IO4P. The molecule has 0 saturated carbocycles. The molecule has 4 nitrogen and oxygen atoms in total. The van der Waals surface area contributed by atoms with Crippen LogP contribution in [0.15, 0.2) is 0 Å². The largest absolute Gasteiger partial charge is 0.469 e. The summed E-state index contributed by atoms with van der Waals surface area (Å²) in [7, 11) is -4.27. The van der Waals surface area contributed by atoms with Crippen LogP contribution in [-0.2, 0) is 9.09 Å². The summed E-state index contributed by atoms with van der Waals surface area (Å²) in [4.78, 5) is 17.2. The van der Waals surface area contributed by atoms with E-state index in [0.29, 0.717) is 0 Å². The monoisotopic (exact) mass is 616 g/mol. The predicted molar refractivity (Wildman–Crippen MR) is 157 cm³/mol. The highest BCUT2D eigenvalue weighted by Crippen LogP contribution is 2.35. The topological polar surface area (TPSA) is 66.8 Å². The molecular weight excluding hydrogens is 558 g/mol. The number of unbranched alkanes of at least 4 members (excludes halogenated alkanes) is 25. The molecule has 0 aliphatic carbocycles. The zero-order chi connectivity index (χ0) is 25.0. The van der Waals surface area contributed by atoms with Gasteiger partial charge in [0, 0.05) is 0 Å². The highest BCUT2D eigenvalue weighted by molar-refractivity contribution is 14.1. The van der Waals surface area contributed by atoms with Gasteiger partial charge in [-0.25, -0.2) is 4.57 Å². The van der Waals surface area contributed by atoms with Crippen molar-refractivity contribution in [2.24, 2.45) is 0 Å². The molecule has 0 radical (unpaired) electrons. The minimum atomic E-state index is -4.27. The van der Waals surface area contributed by atoms with E-state index in [0.717, 1.165) is 19.3 Å². The molecule has 0 saturated heterocycles.